The van der Waals surface area contributed by atoms with E-state index in [-0.39, 0.29) is 23.9 Å². The van der Waals surface area contributed by atoms with Crippen LogP contribution in [-0.4, -0.2) is 51.5 Å². The van der Waals surface area contributed by atoms with Crippen molar-refractivity contribution in [1.29, 1.82) is 0 Å². The highest BCUT2D eigenvalue weighted by Gasteiger charge is 2.29. The van der Waals surface area contributed by atoms with Gasteiger partial charge in [0.1, 0.15) is 0 Å². The molecule has 2 aromatic heterocycles. The van der Waals surface area contributed by atoms with Gasteiger partial charge >= 0.3 is 0 Å². The van der Waals surface area contributed by atoms with E-state index in [1.165, 1.54) is 5.56 Å². The van der Waals surface area contributed by atoms with Crippen molar-refractivity contribution in [3.63, 3.8) is 0 Å². The van der Waals surface area contributed by atoms with Crippen molar-refractivity contribution in [2.24, 2.45) is 0 Å². The largest absolute Gasteiger partial charge is 0.334 e. The van der Waals surface area contributed by atoms with Crippen molar-refractivity contribution in [2.75, 3.05) is 26.7 Å². The second-order valence-electron chi connectivity index (χ2n) is 8.58. The first-order chi connectivity index (χ1) is 13.3. The summed E-state index contributed by atoms with van der Waals surface area (Å²) in [4.78, 5) is 6.99. The number of hydrogen-bond donors (Lipinski definition) is 1. The van der Waals surface area contributed by atoms with E-state index in [2.05, 4.69) is 74.4 Å². The fourth-order valence-electron chi connectivity index (χ4n) is 3.49. The van der Waals surface area contributed by atoms with Gasteiger partial charge in [-0.05, 0) is 26.1 Å². The maximum Gasteiger partial charge on any atom is 0.261 e. The van der Waals surface area contributed by atoms with Crippen LogP contribution < -0.4 is 5.32 Å². The predicted molar refractivity (Wildman–Crippen MR) is 116 cm³/mol. The molecule has 0 spiro atoms. The van der Waals surface area contributed by atoms with Crippen molar-refractivity contribution >= 4 is 12.4 Å². The van der Waals surface area contributed by atoms with Gasteiger partial charge in [0.15, 0.2) is 5.82 Å². The third-order valence-corrected chi connectivity index (χ3v) is 5.20. The first-order valence-electron chi connectivity index (χ1n) is 9.75. The lowest BCUT2D eigenvalue weighted by Gasteiger charge is -2.30. The van der Waals surface area contributed by atoms with Gasteiger partial charge in [-0.25, -0.2) is 4.68 Å². The zero-order valence-corrected chi connectivity index (χ0v) is 18.5. The van der Waals surface area contributed by atoms with Gasteiger partial charge in [-0.15, -0.1) is 12.4 Å². The van der Waals surface area contributed by atoms with Crippen LogP contribution in [0.4, 0.5) is 0 Å². The number of likely N-dealkylation sites (N-methyl/N-ethyl adjacent to an activating group) is 1. The third-order valence-electron chi connectivity index (χ3n) is 5.20. The fourth-order valence-corrected chi connectivity index (χ4v) is 3.49. The van der Waals surface area contributed by atoms with Crippen molar-refractivity contribution in [3.05, 3.63) is 47.5 Å². The van der Waals surface area contributed by atoms with Gasteiger partial charge in [0.25, 0.3) is 5.89 Å². The van der Waals surface area contributed by atoms with Gasteiger partial charge in [0, 0.05) is 31.2 Å². The summed E-state index contributed by atoms with van der Waals surface area (Å²) < 4.78 is 7.58. The minimum absolute atomic E-state index is 0. The Morgan fingerprint density at radius 3 is 2.55 bits per heavy atom. The second kappa shape index (κ2) is 8.26. The Kier molecular flexibility index (Phi) is 6.12. The molecule has 1 fully saturated rings. The summed E-state index contributed by atoms with van der Waals surface area (Å²) in [6.45, 7) is 11.3. The fraction of sp³-hybridized carbons (Fsp3) is 0.476. The van der Waals surface area contributed by atoms with E-state index in [0.29, 0.717) is 11.7 Å². The van der Waals surface area contributed by atoms with Crippen LogP contribution in [-0.2, 0) is 5.41 Å². The topological polar surface area (TPSA) is 72.0 Å². The number of aromatic nitrogens is 4. The molecule has 3 heterocycles. The smallest absolute Gasteiger partial charge is 0.261 e. The lowest BCUT2D eigenvalue weighted by molar-refractivity contribution is 0.190. The number of aryl methyl sites for hydroxylation is 1. The van der Waals surface area contributed by atoms with Crippen LogP contribution in [0.2, 0.25) is 0 Å². The van der Waals surface area contributed by atoms with Crippen molar-refractivity contribution in [2.45, 2.75) is 39.2 Å². The summed E-state index contributed by atoms with van der Waals surface area (Å²) in [7, 11) is 2.09. The molecule has 1 aliphatic rings. The summed E-state index contributed by atoms with van der Waals surface area (Å²) >= 11 is 0. The Labute approximate surface area is 177 Å². The van der Waals surface area contributed by atoms with Crippen LogP contribution in [0.1, 0.15) is 43.9 Å². The summed E-state index contributed by atoms with van der Waals surface area (Å²) in [5.41, 5.74) is 3.91. The highest BCUT2D eigenvalue weighted by molar-refractivity contribution is 5.85. The lowest BCUT2D eigenvalue weighted by Crippen LogP contribution is -2.44. The molecule has 7 nitrogen and oxygen atoms in total. The first kappa shape index (κ1) is 21.5. The molecule has 0 radical (unpaired) electrons. The summed E-state index contributed by atoms with van der Waals surface area (Å²) in [6, 6.07) is 8.44. The van der Waals surface area contributed by atoms with E-state index in [0.717, 1.165) is 36.6 Å². The van der Waals surface area contributed by atoms with Crippen LogP contribution in [0.3, 0.4) is 0 Å². The Balaban J connectivity index is 0.00000240. The minimum Gasteiger partial charge on any atom is -0.334 e. The standard InChI is InChI=1S/C21H28N6O.ClH/c1-14-6-8-15(9-7-14)27-13-16(18(24-27)21(2,3)4)20-23-19(25-28-20)17-12-22-10-11-26(17)5;/h6-9,13,17,22H,10-12H2,1-5H3;1H. The molecule has 1 saturated heterocycles. The molecule has 29 heavy (non-hydrogen) atoms. The molecule has 1 N–H and O–H groups in total. The predicted octanol–water partition coefficient (Wildman–Crippen LogP) is 3.53. The molecule has 1 unspecified atom stereocenters. The Morgan fingerprint density at radius 2 is 1.90 bits per heavy atom. The molecule has 1 aromatic carbocycles. The molecule has 4 rings (SSSR count). The van der Waals surface area contributed by atoms with Crippen LogP contribution in [0.15, 0.2) is 35.0 Å². The quantitative estimate of drug-likeness (QED) is 0.704. The SMILES string of the molecule is Cc1ccc(-n2cc(-c3nc(C4CNCCN4C)no3)c(C(C)(C)C)n2)cc1.Cl. The van der Waals surface area contributed by atoms with Gasteiger partial charge in [0.2, 0.25) is 0 Å². The molecule has 0 aliphatic carbocycles. The molecular weight excluding hydrogens is 388 g/mol. The number of halogens is 1. The second-order valence-corrected chi connectivity index (χ2v) is 8.58. The number of rotatable bonds is 3. The van der Waals surface area contributed by atoms with E-state index in [1.807, 2.05) is 10.9 Å². The van der Waals surface area contributed by atoms with Gasteiger partial charge < -0.3 is 9.84 Å². The molecule has 0 saturated carbocycles. The highest BCUT2D eigenvalue weighted by Crippen LogP contribution is 2.33. The summed E-state index contributed by atoms with van der Waals surface area (Å²) in [5, 5.41) is 12.5. The Bertz CT molecular complexity index is 956. The van der Waals surface area contributed by atoms with Crippen molar-refractivity contribution in [3.8, 4) is 17.1 Å². The molecule has 1 aliphatic heterocycles. The van der Waals surface area contributed by atoms with Crippen LogP contribution >= 0.6 is 12.4 Å². The number of nitrogens with one attached hydrogen (secondary N) is 1. The van der Waals surface area contributed by atoms with Crippen LogP contribution in [0.25, 0.3) is 17.1 Å². The maximum atomic E-state index is 5.69. The molecule has 3 aromatic rings. The summed E-state index contributed by atoms with van der Waals surface area (Å²) in [6.07, 6.45) is 1.99. The molecule has 8 heteroatoms. The van der Waals surface area contributed by atoms with E-state index in [4.69, 9.17) is 14.6 Å². The number of nitrogens with zero attached hydrogens (tertiary/aromatic N) is 5. The van der Waals surface area contributed by atoms with Crippen molar-refractivity contribution < 1.29 is 4.52 Å². The zero-order valence-electron chi connectivity index (χ0n) is 17.6. The van der Waals surface area contributed by atoms with Crippen LogP contribution in [0.5, 0.6) is 0 Å². The average molecular weight is 417 g/mol. The number of piperazine rings is 1. The number of benzene rings is 1. The van der Waals surface area contributed by atoms with E-state index >= 15 is 0 Å². The molecular formula is C21H29ClN6O. The van der Waals surface area contributed by atoms with Gasteiger partial charge in [-0.3, -0.25) is 4.90 Å². The van der Waals surface area contributed by atoms with E-state index in [1.54, 1.807) is 0 Å². The molecule has 0 amide bonds. The highest BCUT2D eigenvalue weighted by atomic mass is 35.5. The van der Waals surface area contributed by atoms with E-state index in [9.17, 15) is 0 Å². The first-order valence-corrected chi connectivity index (χ1v) is 9.75. The zero-order chi connectivity index (χ0) is 19.9. The Hall–Kier alpha value is -2.22. The van der Waals surface area contributed by atoms with Gasteiger partial charge in [-0.2, -0.15) is 10.1 Å². The van der Waals surface area contributed by atoms with E-state index < -0.39 is 0 Å². The van der Waals surface area contributed by atoms with Crippen LogP contribution in [0, 0.1) is 6.92 Å². The van der Waals surface area contributed by atoms with Gasteiger partial charge in [0.05, 0.1) is 23.0 Å². The third kappa shape index (κ3) is 4.37. The monoisotopic (exact) mass is 416 g/mol. The normalized spacial score (nSPS) is 17.9. The maximum absolute atomic E-state index is 5.69. The Morgan fingerprint density at radius 1 is 1.17 bits per heavy atom. The van der Waals surface area contributed by atoms with Crippen molar-refractivity contribution in [1.82, 2.24) is 30.1 Å². The van der Waals surface area contributed by atoms with Gasteiger partial charge in [-0.1, -0.05) is 43.6 Å². The molecule has 1 atom stereocenters. The average Bonchev–Trinajstić information content (AvgIpc) is 3.29. The lowest BCUT2D eigenvalue weighted by atomic mass is 9.89. The number of hydrogen-bond acceptors (Lipinski definition) is 6. The minimum atomic E-state index is -0.150. The summed E-state index contributed by atoms with van der Waals surface area (Å²) in [5.74, 6) is 1.24. The molecule has 0 bridgehead atoms. The molecule has 156 valence electrons.